The number of thiophene rings is 1. The number of alkyl halides is 3. The van der Waals surface area contributed by atoms with E-state index >= 15 is 0 Å². The number of aromatic nitrogens is 2. The number of thioether (sulfide) groups is 1. The smallest absolute Gasteiger partial charge is 0.369 e. The van der Waals surface area contributed by atoms with Crippen molar-refractivity contribution in [1.82, 2.24) is 20.2 Å². The van der Waals surface area contributed by atoms with Crippen molar-refractivity contribution in [3.8, 4) is 10.6 Å². The maximum absolute atomic E-state index is 14.0. The van der Waals surface area contributed by atoms with Crippen molar-refractivity contribution in [2.45, 2.75) is 29.8 Å². The first-order chi connectivity index (χ1) is 18.3. The van der Waals surface area contributed by atoms with E-state index in [9.17, 15) is 18.0 Å². The van der Waals surface area contributed by atoms with Gasteiger partial charge >= 0.3 is 6.18 Å². The number of halogens is 3. The number of nitrogens with one attached hydrogen (secondary N) is 2. The zero-order chi connectivity index (χ0) is 26.4. The van der Waals surface area contributed by atoms with Crippen LogP contribution in [0.5, 0.6) is 0 Å². The van der Waals surface area contributed by atoms with E-state index in [-0.39, 0.29) is 17.5 Å². The summed E-state index contributed by atoms with van der Waals surface area (Å²) in [5, 5.41) is 6.57. The first-order valence-corrected chi connectivity index (χ1v) is 14.4. The molecular formula is C26H27F3N6OS2. The van der Waals surface area contributed by atoms with Gasteiger partial charge in [0.05, 0.1) is 10.6 Å². The number of anilines is 3. The van der Waals surface area contributed by atoms with Gasteiger partial charge in [-0.1, -0.05) is 0 Å². The van der Waals surface area contributed by atoms with E-state index in [4.69, 9.17) is 0 Å². The first-order valence-electron chi connectivity index (χ1n) is 12.6. The normalized spacial score (nSPS) is 18.4. The second kappa shape index (κ2) is 10.0. The zero-order valence-electron chi connectivity index (χ0n) is 20.8. The fraction of sp³-hybridized carbons (Fsp3) is 0.423. The number of fused-ring (bicyclic) bond motifs is 1. The van der Waals surface area contributed by atoms with Crippen molar-refractivity contribution in [3.05, 3.63) is 46.5 Å². The fourth-order valence-corrected chi connectivity index (χ4v) is 7.22. The minimum atomic E-state index is -4.63. The quantitative estimate of drug-likeness (QED) is 0.431. The Bertz CT molecular complexity index is 1370. The van der Waals surface area contributed by atoms with Crippen LogP contribution in [0.25, 0.3) is 10.6 Å². The molecule has 0 bridgehead atoms. The summed E-state index contributed by atoms with van der Waals surface area (Å²) in [5.41, 5.74) is 1.97. The Hall–Kier alpha value is -2.83. The molecule has 2 N–H and O–H groups in total. The van der Waals surface area contributed by atoms with Gasteiger partial charge in [-0.05, 0) is 48.6 Å². The maximum Gasteiger partial charge on any atom is 0.420 e. The summed E-state index contributed by atoms with van der Waals surface area (Å²) in [6, 6.07) is 7.86. The van der Waals surface area contributed by atoms with E-state index in [1.54, 1.807) is 18.0 Å². The summed E-state index contributed by atoms with van der Waals surface area (Å²) in [6.45, 7) is 4.33. The van der Waals surface area contributed by atoms with Crippen LogP contribution >= 0.6 is 23.1 Å². The lowest BCUT2D eigenvalue weighted by atomic mass is 10.1. The van der Waals surface area contributed by atoms with Gasteiger partial charge in [0.2, 0.25) is 5.95 Å². The number of rotatable bonds is 5. The zero-order valence-corrected chi connectivity index (χ0v) is 22.4. The van der Waals surface area contributed by atoms with Crippen LogP contribution < -0.4 is 15.5 Å². The minimum absolute atomic E-state index is 0.101. The van der Waals surface area contributed by atoms with Crippen LogP contribution in [-0.2, 0) is 6.18 Å². The van der Waals surface area contributed by atoms with Crippen LogP contribution in [-0.4, -0.2) is 66.3 Å². The Morgan fingerprint density at radius 3 is 2.66 bits per heavy atom. The first kappa shape index (κ1) is 25.4. The third kappa shape index (κ3) is 5.08. The molecule has 0 spiro atoms. The summed E-state index contributed by atoms with van der Waals surface area (Å²) in [4.78, 5) is 26.6. The van der Waals surface area contributed by atoms with Gasteiger partial charge in [-0.25, -0.2) is 9.97 Å². The minimum Gasteiger partial charge on any atom is -0.369 e. The second-order valence-electron chi connectivity index (χ2n) is 9.74. The predicted octanol–water partition coefficient (Wildman–Crippen LogP) is 5.43. The van der Waals surface area contributed by atoms with E-state index in [1.165, 1.54) is 11.8 Å². The molecule has 1 aromatic carbocycles. The Morgan fingerprint density at radius 2 is 1.92 bits per heavy atom. The molecule has 1 saturated carbocycles. The molecule has 0 atom stereocenters. The molecule has 3 aromatic rings. The maximum atomic E-state index is 14.0. The van der Waals surface area contributed by atoms with Gasteiger partial charge in [0.1, 0.15) is 10.4 Å². The van der Waals surface area contributed by atoms with Gasteiger partial charge < -0.3 is 20.4 Å². The molecule has 1 aliphatic carbocycles. The third-order valence-electron chi connectivity index (χ3n) is 7.03. The summed E-state index contributed by atoms with van der Waals surface area (Å²) in [6.07, 6.45) is -1.63. The summed E-state index contributed by atoms with van der Waals surface area (Å²) in [5.74, 6) is 1.02. The van der Waals surface area contributed by atoms with Crippen molar-refractivity contribution in [3.63, 3.8) is 0 Å². The number of carbonyl (C=O) groups excluding carboxylic acids is 1. The second-order valence-corrected chi connectivity index (χ2v) is 11.9. The third-order valence-corrected chi connectivity index (χ3v) is 9.31. The van der Waals surface area contributed by atoms with Gasteiger partial charge in [-0.3, -0.25) is 4.79 Å². The topological polar surface area (TPSA) is 73.4 Å². The predicted molar refractivity (Wildman–Crippen MR) is 145 cm³/mol. The lowest BCUT2D eigenvalue weighted by Crippen LogP contribution is -2.43. The van der Waals surface area contributed by atoms with Crippen LogP contribution in [0.1, 0.15) is 39.6 Å². The molecule has 1 amide bonds. The number of amides is 1. The summed E-state index contributed by atoms with van der Waals surface area (Å²) in [7, 11) is 1.70. The van der Waals surface area contributed by atoms with Crippen molar-refractivity contribution in [1.29, 1.82) is 0 Å². The van der Waals surface area contributed by atoms with Gasteiger partial charge in [0.25, 0.3) is 5.91 Å². The fourth-order valence-electron chi connectivity index (χ4n) is 4.79. The van der Waals surface area contributed by atoms with Gasteiger partial charge in [0.15, 0.2) is 0 Å². The molecular weight excluding hydrogens is 533 g/mol. The van der Waals surface area contributed by atoms with Gasteiger partial charge in [0, 0.05) is 68.0 Å². The molecule has 3 aliphatic rings. The summed E-state index contributed by atoms with van der Waals surface area (Å²) >= 11 is 2.53. The molecule has 200 valence electrons. The van der Waals surface area contributed by atoms with Crippen molar-refractivity contribution in [2.24, 2.45) is 0 Å². The Morgan fingerprint density at radius 1 is 1.13 bits per heavy atom. The molecule has 1 saturated heterocycles. The number of nitrogens with zero attached hydrogens (tertiary/aromatic N) is 4. The highest BCUT2D eigenvalue weighted by molar-refractivity contribution is 7.99. The van der Waals surface area contributed by atoms with E-state index in [0.29, 0.717) is 32.9 Å². The lowest BCUT2D eigenvalue weighted by Gasteiger charge is -2.30. The molecule has 12 heteroatoms. The van der Waals surface area contributed by atoms with E-state index in [1.807, 2.05) is 12.1 Å². The average molecular weight is 561 g/mol. The SMILES string of the molecule is CN1CCSc2cc(-c3nc(Nc4ccc(N5CCNCC5)cc4C4CC4)ncc3C(F)(F)F)sc2C1=O. The van der Waals surface area contributed by atoms with Crippen LogP contribution in [0, 0.1) is 0 Å². The molecule has 2 aromatic heterocycles. The Labute approximate surface area is 226 Å². The molecule has 7 nitrogen and oxygen atoms in total. The standard InChI is InChI=1S/C26H27F3N6OS2/c1-34-10-11-37-21-13-20(38-23(21)24(34)36)22-18(26(27,28)29)14-31-25(33-22)32-19-5-4-16(12-17(19)15-2-3-15)35-8-6-30-7-9-35/h4-5,12-15,30H,2-3,6-11H2,1H3,(H,31,32,33). The Kier molecular flexibility index (Phi) is 6.73. The van der Waals surface area contributed by atoms with Crippen LogP contribution in [0.4, 0.5) is 30.5 Å². The van der Waals surface area contributed by atoms with Crippen LogP contribution in [0.15, 0.2) is 35.4 Å². The number of hydrogen-bond donors (Lipinski definition) is 2. The van der Waals surface area contributed by atoms with E-state index in [0.717, 1.165) is 73.5 Å². The highest BCUT2D eigenvalue weighted by Crippen LogP contribution is 2.46. The molecule has 6 rings (SSSR count). The highest BCUT2D eigenvalue weighted by atomic mass is 32.2. The van der Waals surface area contributed by atoms with E-state index in [2.05, 4.69) is 31.6 Å². The van der Waals surface area contributed by atoms with Crippen molar-refractivity contribution < 1.29 is 18.0 Å². The number of benzene rings is 1. The molecule has 0 radical (unpaired) electrons. The van der Waals surface area contributed by atoms with Crippen molar-refractivity contribution >= 4 is 46.3 Å². The largest absolute Gasteiger partial charge is 0.420 e. The number of piperazine rings is 1. The Balaban J connectivity index is 1.36. The molecule has 0 unspecified atom stereocenters. The monoisotopic (exact) mass is 560 g/mol. The average Bonchev–Trinajstić information content (AvgIpc) is 3.69. The molecule has 2 fully saturated rings. The highest BCUT2D eigenvalue weighted by Gasteiger charge is 2.37. The van der Waals surface area contributed by atoms with Gasteiger partial charge in [-0.15, -0.1) is 23.1 Å². The summed E-state index contributed by atoms with van der Waals surface area (Å²) < 4.78 is 42.0. The van der Waals surface area contributed by atoms with E-state index < -0.39 is 11.7 Å². The van der Waals surface area contributed by atoms with Crippen LogP contribution in [0.3, 0.4) is 0 Å². The number of carbonyl (C=O) groups is 1. The molecule has 2 aliphatic heterocycles. The van der Waals surface area contributed by atoms with Gasteiger partial charge in [-0.2, -0.15) is 13.2 Å². The number of hydrogen-bond acceptors (Lipinski definition) is 8. The van der Waals surface area contributed by atoms with Crippen molar-refractivity contribution in [2.75, 3.05) is 55.7 Å². The molecule has 4 heterocycles. The lowest BCUT2D eigenvalue weighted by molar-refractivity contribution is -0.137. The van der Waals surface area contributed by atoms with Crippen LogP contribution in [0.2, 0.25) is 0 Å². The molecule has 38 heavy (non-hydrogen) atoms.